The lowest BCUT2D eigenvalue weighted by molar-refractivity contribution is 0.0968. The van der Waals surface area contributed by atoms with Gasteiger partial charge in [-0.25, -0.2) is 0 Å². The lowest BCUT2D eigenvalue weighted by atomic mass is 10.1. The fourth-order valence-electron chi connectivity index (χ4n) is 1.37. The van der Waals surface area contributed by atoms with E-state index >= 15 is 0 Å². The highest BCUT2D eigenvalue weighted by molar-refractivity contribution is 6.01. The van der Waals surface area contributed by atoms with Gasteiger partial charge in [0.25, 0.3) is 0 Å². The second kappa shape index (κ2) is 3.74. The van der Waals surface area contributed by atoms with Gasteiger partial charge in [0.2, 0.25) is 0 Å². The van der Waals surface area contributed by atoms with Gasteiger partial charge in [0.05, 0.1) is 17.8 Å². The molecule has 4 nitrogen and oxygen atoms in total. The number of hydrogen-bond donors (Lipinski definition) is 1. The van der Waals surface area contributed by atoms with Crippen molar-refractivity contribution >= 4 is 16.7 Å². The zero-order valence-electron chi connectivity index (χ0n) is 8.34. The van der Waals surface area contributed by atoms with Crippen molar-refractivity contribution in [1.82, 2.24) is 9.97 Å². The number of Topliss-reactive ketones (excluding diaryl/α,β-unsaturated/α-hetero) is 1. The van der Waals surface area contributed by atoms with Crippen LogP contribution in [0.4, 0.5) is 0 Å². The van der Waals surface area contributed by atoms with E-state index in [1.165, 1.54) is 6.20 Å². The molecule has 2 heterocycles. The molecule has 0 radical (unpaired) electrons. The van der Waals surface area contributed by atoms with Gasteiger partial charge in [-0.3, -0.25) is 14.8 Å². The van der Waals surface area contributed by atoms with Crippen molar-refractivity contribution in [1.29, 1.82) is 0 Å². The normalized spacial score (nSPS) is 12.7. The molecule has 2 aromatic rings. The molecule has 0 aliphatic rings. The number of nitrogens with zero attached hydrogens (tertiary/aromatic N) is 2. The molecule has 2 N–H and O–H groups in total. The minimum absolute atomic E-state index is 0.0961. The van der Waals surface area contributed by atoms with E-state index in [0.29, 0.717) is 5.56 Å². The summed E-state index contributed by atoms with van der Waals surface area (Å²) in [6, 6.07) is 3.11. The third kappa shape index (κ3) is 1.85. The summed E-state index contributed by atoms with van der Waals surface area (Å²) in [6.07, 6.45) is 4.87. The van der Waals surface area contributed by atoms with Crippen LogP contribution in [0.25, 0.3) is 10.9 Å². The van der Waals surface area contributed by atoms with E-state index in [2.05, 4.69) is 9.97 Å². The molecular formula is C11H11N3O. The van der Waals surface area contributed by atoms with E-state index < -0.39 is 6.04 Å². The van der Waals surface area contributed by atoms with Crippen molar-refractivity contribution in [3.63, 3.8) is 0 Å². The lowest BCUT2D eigenvalue weighted by Gasteiger charge is -2.04. The fraction of sp³-hybridized carbons (Fsp3) is 0.182. The van der Waals surface area contributed by atoms with E-state index in [1.54, 1.807) is 25.4 Å². The summed E-state index contributed by atoms with van der Waals surface area (Å²) in [6.45, 7) is 1.67. The topological polar surface area (TPSA) is 68.9 Å². The van der Waals surface area contributed by atoms with Crippen molar-refractivity contribution in [3.8, 4) is 0 Å². The third-order valence-corrected chi connectivity index (χ3v) is 2.18. The Balaban J connectivity index is 2.52. The zero-order valence-corrected chi connectivity index (χ0v) is 8.34. The van der Waals surface area contributed by atoms with Crippen LogP contribution in [0.2, 0.25) is 0 Å². The Morgan fingerprint density at radius 3 is 3.00 bits per heavy atom. The third-order valence-electron chi connectivity index (χ3n) is 2.18. The molecule has 1 atom stereocenters. The van der Waals surface area contributed by atoms with Crippen LogP contribution in [-0.2, 0) is 0 Å². The number of aromatic nitrogens is 2. The summed E-state index contributed by atoms with van der Waals surface area (Å²) in [5.74, 6) is -0.0961. The minimum Gasteiger partial charge on any atom is -0.321 e. The predicted octanol–water partition coefficient (Wildman–Crippen LogP) is 1.16. The van der Waals surface area contributed by atoms with Crippen molar-refractivity contribution < 1.29 is 4.79 Å². The zero-order chi connectivity index (χ0) is 10.8. The van der Waals surface area contributed by atoms with Gasteiger partial charge in [-0.15, -0.1) is 0 Å². The molecule has 0 aliphatic heterocycles. The first kappa shape index (κ1) is 9.73. The quantitative estimate of drug-likeness (QED) is 0.740. The van der Waals surface area contributed by atoms with Gasteiger partial charge >= 0.3 is 0 Å². The van der Waals surface area contributed by atoms with Crippen LogP contribution in [-0.4, -0.2) is 21.8 Å². The molecular weight excluding hydrogens is 190 g/mol. The first-order valence-electron chi connectivity index (χ1n) is 4.68. The number of fused-ring (bicyclic) bond motifs is 1. The molecule has 0 aromatic carbocycles. The van der Waals surface area contributed by atoms with Crippen LogP contribution < -0.4 is 5.73 Å². The molecule has 0 saturated heterocycles. The second-order valence-electron chi connectivity index (χ2n) is 3.45. The van der Waals surface area contributed by atoms with Crippen molar-refractivity contribution in [3.05, 3.63) is 36.3 Å². The number of nitrogens with two attached hydrogens (primary N) is 1. The minimum atomic E-state index is -0.494. The molecule has 1 unspecified atom stereocenters. The van der Waals surface area contributed by atoms with Gasteiger partial charge in [-0.2, -0.15) is 0 Å². The van der Waals surface area contributed by atoms with Crippen LogP contribution in [0.1, 0.15) is 17.3 Å². The van der Waals surface area contributed by atoms with Crippen molar-refractivity contribution in [2.75, 3.05) is 0 Å². The van der Waals surface area contributed by atoms with Gasteiger partial charge in [0.1, 0.15) is 0 Å². The molecule has 0 fully saturated rings. The highest BCUT2D eigenvalue weighted by atomic mass is 16.1. The van der Waals surface area contributed by atoms with Crippen molar-refractivity contribution in [2.24, 2.45) is 5.73 Å². The highest BCUT2D eigenvalue weighted by Crippen LogP contribution is 2.12. The predicted molar refractivity (Wildman–Crippen MR) is 57.5 cm³/mol. The SMILES string of the molecule is CC(N)C(=O)c1cnc2cnccc2c1. The summed E-state index contributed by atoms with van der Waals surface area (Å²) in [5, 5.41) is 0.900. The highest BCUT2D eigenvalue weighted by Gasteiger charge is 2.11. The van der Waals surface area contributed by atoms with Crippen LogP contribution in [0.3, 0.4) is 0 Å². The van der Waals surface area contributed by atoms with Gasteiger partial charge in [-0.05, 0) is 19.1 Å². The Hall–Kier alpha value is -1.81. The molecule has 0 saturated carbocycles. The number of rotatable bonds is 2. The maximum absolute atomic E-state index is 11.6. The number of hydrogen-bond acceptors (Lipinski definition) is 4. The molecule has 0 spiro atoms. The summed E-state index contributed by atoms with van der Waals surface area (Å²) in [7, 11) is 0. The molecule has 0 amide bonds. The average Bonchev–Trinajstić information content (AvgIpc) is 2.27. The summed E-state index contributed by atoms with van der Waals surface area (Å²) in [4.78, 5) is 19.7. The van der Waals surface area contributed by atoms with E-state index in [9.17, 15) is 4.79 Å². The molecule has 2 rings (SSSR count). The van der Waals surface area contributed by atoms with Crippen molar-refractivity contribution in [2.45, 2.75) is 13.0 Å². The summed E-state index contributed by atoms with van der Waals surface area (Å²) in [5.41, 5.74) is 6.84. The number of pyridine rings is 2. The maximum Gasteiger partial charge on any atom is 0.180 e. The van der Waals surface area contributed by atoms with Crippen LogP contribution in [0, 0.1) is 0 Å². The monoisotopic (exact) mass is 201 g/mol. The van der Waals surface area contributed by atoms with Crippen LogP contribution in [0.15, 0.2) is 30.7 Å². The van der Waals surface area contributed by atoms with E-state index in [-0.39, 0.29) is 5.78 Å². The van der Waals surface area contributed by atoms with E-state index in [0.717, 1.165) is 10.9 Å². The van der Waals surface area contributed by atoms with Crippen LogP contribution >= 0.6 is 0 Å². The Bertz CT molecular complexity index is 508. The standard InChI is InChI=1S/C11H11N3O/c1-7(12)11(15)9-4-8-2-3-13-6-10(8)14-5-9/h2-7H,12H2,1H3. The largest absolute Gasteiger partial charge is 0.321 e. The Morgan fingerprint density at radius 1 is 1.47 bits per heavy atom. The fourth-order valence-corrected chi connectivity index (χ4v) is 1.37. The summed E-state index contributed by atoms with van der Waals surface area (Å²) >= 11 is 0. The maximum atomic E-state index is 11.6. The smallest absolute Gasteiger partial charge is 0.180 e. The van der Waals surface area contributed by atoms with E-state index in [4.69, 9.17) is 5.73 Å². The van der Waals surface area contributed by atoms with Gasteiger partial charge in [0.15, 0.2) is 5.78 Å². The van der Waals surface area contributed by atoms with E-state index in [1.807, 2.05) is 6.07 Å². The first-order chi connectivity index (χ1) is 7.18. The molecule has 0 aliphatic carbocycles. The molecule has 15 heavy (non-hydrogen) atoms. The Kier molecular flexibility index (Phi) is 2.43. The molecule has 4 heteroatoms. The van der Waals surface area contributed by atoms with Gasteiger partial charge in [0, 0.05) is 23.3 Å². The first-order valence-corrected chi connectivity index (χ1v) is 4.68. The second-order valence-corrected chi connectivity index (χ2v) is 3.45. The Morgan fingerprint density at radius 2 is 2.27 bits per heavy atom. The van der Waals surface area contributed by atoms with Gasteiger partial charge in [-0.1, -0.05) is 0 Å². The number of ketones is 1. The van der Waals surface area contributed by atoms with Gasteiger partial charge < -0.3 is 5.73 Å². The Labute approximate surface area is 87.1 Å². The molecule has 0 bridgehead atoms. The average molecular weight is 201 g/mol. The molecule has 2 aromatic heterocycles. The number of carbonyl (C=O) groups is 1. The lowest BCUT2D eigenvalue weighted by Crippen LogP contribution is -2.26. The molecule has 76 valence electrons. The van der Waals surface area contributed by atoms with Crippen LogP contribution in [0.5, 0.6) is 0 Å². The summed E-state index contributed by atoms with van der Waals surface area (Å²) < 4.78 is 0. The number of carbonyl (C=O) groups excluding carboxylic acids is 1.